The average molecular weight is 382 g/mol. The van der Waals surface area contributed by atoms with Gasteiger partial charge in [-0.1, -0.05) is 41.4 Å². The lowest BCUT2D eigenvalue weighted by atomic mass is 9.99. The molecular weight excluding hydrogens is 362 g/mol. The van der Waals surface area contributed by atoms with Crippen LogP contribution in [-0.4, -0.2) is 21.1 Å². The molecule has 0 unspecified atom stereocenters. The second-order valence-electron chi connectivity index (χ2n) is 6.57. The Balaban J connectivity index is 1.66. The molecule has 2 heterocycles. The number of halogens is 1. The van der Waals surface area contributed by atoms with Crippen LogP contribution < -0.4 is 5.32 Å². The maximum Gasteiger partial charge on any atom is 0.174 e. The smallest absolute Gasteiger partial charge is 0.174 e. The second-order valence-corrected chi connectivity index (χ2v) is 7.39. The van der Waals surface area contributed by atoms with E-state index in [1.807, 2.05) is 24.3 Å². The summed E-state index contributed by atoms with van der Waals surface area (Å²) in [5, 5.41) is 4.81. The molecule has 1 aromatic heterocycles. The van der Waals surface area contributed by atoms with Gasteiger partial charge in [0.2, 0.25) is 0 Å². The zero-order valence-corrected chi connectivity index (χ0v) is 16.1. The van der Waals surface area contributed by atoms with Crippen LogP contribution in [0.4, 0.5) is 5.69 Å². The lowest BCUT2D eigenvalue weighted by molar-refractivity contribution is 0.293. The first-order valence-corrected chi connectivity index (χ1v) is 9.45. The molecule has 0 bridgehead atoms. The predicted octanol–water partition coefficient (Wildman–Crippen LogP) is 5.25. The molecule has 0 fully saturated rings. The summed E-state index contributed by atoms with van der Waals surface area (Å²) < 4.78 is 2.31. The van der Waals surface area contributed by atoms with Gasteiger partial charge in [-0.25, -0.2) is 0 Å². The van der Waals surface area contributed by atoms with Gasteiger partial charge in [-0.2, -0.15) is 0 Å². The molecular formula is C21H20ClN3S. The summed E-state index contributed by atoms with van der Waals surface area (Å²) in [5.74, 6) is 0. The van der Waals surface area contributed by atoms with E-state index in [1.54, 1.807) is 0 Å². The van der Waals surface area contributed by atoms with E-state index in [4.69, 9.17) is 23.8 Å². The maximum atomic E-state index is 5.98. The lowest BCUT2D eigenvalue weighted by Crippen LogP contribution is -2.44. The molecule has 0 saturated heterocycles. The van der Waals surface area contributed by atoms with Crippen LogP contribution in [0.3, 0.4) is 0 Å². The van der Waals surface area contributed by atoms with Crippen molar-refractivity contribution in [3.63, 3.8) is 0 Å². The van der Waals surface area contributed by atoms with Gasteiger partial charge >= 0.3 is 0 Å². The van der Waals surface area contributed by atoms with Gasteiger partial charge in [0.25, 0.3) is 0 Å². The quantitative estimate of drug-likeness (QED) is 0.612. The highest BCUT2D eigenvalue weighted by Crippen LogP contribution is 2.33. The number of hydrogen-bond acceptors (Lipinski definition) is 1. The van der Waals surface area contributed by atoms with Crippen LogP contribution in [0, 0.1) is 6.92 Å². The number of hydrogen-bond donors (Lipinski definition) is 1. The van der Waals surface area contributed by atoms with Crippen molar-refractivity contribution >= 4 is 34.6 Å². The van der Waals surface area contributed by atoms with Gasteiger partial charge in [0.05, 0.1) is 6.04 Å². The van der Waals surface area contributed by atoms with Crippen molar-refractivity contribution in [2.24, 2.45) is 0 Å². The Morgan fingerprint density at radius 2 is 1.77 bits per heavy atom. The molecule has 0 saturated carbocycles. The van der Waals surface area contributed by atoms with Gasteiger partial charge in [0, 0.05) is 35.7 Å². The zero-order chi connectivity index (χ0) is 18.1. The predicted molar refractivity (Wildman–Crippen MR) is 112 cm³/mol. The monoisotopic (exact) mass is 381 g/mol. The third-order valence-corrected chi connectivity index (χ3v) is 5.38. The summed E-state index contributed by atoms with van der Waals surface area (Å²) in [4.78, 5) is 2.27. The molecule has 26 heavy (non-hydrogen) atoms. The number of rotatable bonds is 2. The molecule has 3 aromatic rings. The molecule has 5 heteroatoms. The molecule has 1 N–H and O–H groups in total. The number of nitrogens with one attached hydrogen (secondary N) is 1. The third kappa shape index (κ3) is 3.35. The minimum atomic E-state index is 0.103. The first kappa shape index (κ1) is 17.1. The Morgan fingerprint density at radius 1 is 1.04 bits per heavy atom. The molecule has 0 radical (unpaired) electrons. The molecule has 0 aliphatic carbocycles. The average Bonchev–Trinajstić information content (AvgIpc) is 3.12. The van der Waals surface area contributed by atoms with Crippen molar-refractivity contribution in [3.8, 4) is 0 Å². The fourth-order valence-corrected chi connectivity index (χ4v) is 3.87. The molecule has 2 aromatic carbocycles. The van der Waals surface area contributed by atoms with Crippen molar-refractivity contribution in [1.82, 2.24) is 9.47 Å². The Labute approximate surface area is 164 Å². The Hall–Kier alpha value is -2.30. The Bertz CT molecular complexity index is 915. The van der Waals surface area contributed by atoms with Crippen LogP contribution in [0.5, 0.6) is 0 Å². The highest BCUT2D eigenvalue weighted by molar-refractivity contribution is 7.80. The summed E-state index contributed by atoms with van der Waals surface area (Å²) in [5.41, 5.74) is 4.72. The minimum absolute atomic E-state index is 0.103. The number of thiocarbonyl (C=S) groups is 1. The van der Waals surface area contributed by atoms with Gasteiger partial charge in [0.15, 0.2) is 5.11 Å². The SMILES string of the molecule is Cc1ccc([C@@H]2c3cccn3CCN2C(=S)Nc2ccc(Cl)cc2)cc1. The fraction of sp³-hybridized carbons (Fsp3) is 0.190. The summed E-state index contributed by atoms with van der Waals surface area (Å²) in [6, 6.07) is 20.7. The van der Waals surface area contributed by atoms with Crippen molar-refractivity contribution < 1.29 is 0 Å². The highest BCUT2D eigenvalue weighted by atomic mass is 35.5. The van der Waals surface area contributed by atoms with Crippen molar-refractivity contribution in [1.29, 1.82) is 0 Å². The van der Waals surface area contributed by atoms with E-state index in [-0.39, 0.29) is 6.04 Å². The number of nitrogens with zero attached hydrogens (tertiary/aromatic N) is 2. The fourth-order valence-electron chi connectivity index (χ4n) is 3.43. The van der Waals surface area contributed by atoms with Gasteiger partial charge < -0.3 is 14.8 Å². The topological polar surface area (TPSA) is 20.2 Å². The van der Waals surface area contributed by atoms with E-state index in [2.05, 4.69) is 64.3 Å². The zero-order valence-electron chi connectivity index (χ0n) is 14.5. The maximum absolute atomic E-state index is 5.98. The van der Waals surface area contributed by atoms with E-state index < -0.39 is 0 Å². The molecule has 1 aliphatic rings. The summed E-state index contributed by atoms with van der Waals surface area (Å²) in [6.45, 7) is 3.89. The van der Waals surface area contributed by atoms with Crippen LogP contribution in [0.15, 0.2) is 66.9 Å². The van der Waals surface area contributed by atoms with Gasteiger partial charge in [-0.3, -0.25) is 0 Å². The third-order valence-electron chi connectivity index (χ3n) is 4.79. The van der Waals surface area contributed by atoms with Crippen molar-refractivity contribution in [3.05, 3.63) is 88.7 Å². The number of benzene rings is 2. The lowest BCUT2D eigenvalue weighted by Gasteiger charge is -2.39. The van der Waals surface area contributed by atoms with E-state index in [0.717, 1.165) is 28.9 Å². The normalized spacial score (nSPS) is 16.2. The number of aryl methyl sites for hydroxylation is 1. The van der Waals surface area contributed by atoms with E-state index in [1.165, 1.54) is 16.8 Å². The molecule has 0 spiro atoms. The van der Waals surface area contributed by atoms with Crippen LogP contribution in [0.2, 0.25) is 5.02 Å². The second kappa shape index (κ2) is 7.14. The van der Waals surface area contributed by atoms with Gasteiger partial charge in [0.1, 0.15) is 0 Å². The molecule has 3 nitrogen and oxygen atoms in total. The number of fused-ring (bicyclic) bond motifs is 1. The van der Waals surface area contributed by atoms with Crippen LogP contribution in [0.1, 0.15) is 22.9 Å². The first-order chi connectivity index (χ1) is 12.6. The number of aromatic nitrogens is 1. The standard InChI is InChI=1S/C21H20ClN3S/c1-15-4-6-16(7-5-15)20-19-3-2-12-24(19)13-14-25(20)21(26)23-18-10-8-17(22)9-11-18/h2-12,20H,13-14H2,1H3,(H,23,26)/t20-/m1/s1. The molecule has 1 aliphatic heterocycles. The van der Waals surface area contributed by atoms with E-state index in [0.29, 0.717) is 0 Å². The van der Waals surface area contributed by atoms with Crippen LogP contribution in [0.25, 0.3) is 0 Å². The van der Waals surface area contributed by atoms with Crippen molar-refractivity contribution in [2.75, 3.05) is 11.9 Å². The molecule has 0 amide bonds. The molecule has 4 rings (SSSR count). The Kier molecular flexibility index (Phi) is 4.70. The molecule has 1 atom stereocenters. The van der Waals surface area contributed by atoms with Crippen molar-refractivity contribution in [2.45, 2.75) is 19.5 Å². The summed E-state index contributed by atoms with van der Waals surface area (Å²) in [7, 11) is 0. The largest absolute Gasteiger partial charge is 0.348 e. The highest BCUT2D eigenvalue weighted by Gasteiger charge is 2.30. The summed E-state index contributed by atoms with van der Waals surface area (Å²) in [6.07, 6.45) is 2.14. The van der Waals surface area contributed by atoms with E-state index in [9.17, 15) is 0 Å². The number of anilines is 1. The minimum Gasteiger partial charge on any atom is -0.348 e. The van der Waals surface area contributed by atoms with E-state index >= 15 is 0 Å². The van der Waals surface area contributed by atoms with Crippen LogP contribution >= 0.6 is 23.8 Å². The summed E-state index contributed by atoms with van der Waals surface area (Å²) >= 11 is 11.8. The van der Waals surface area contributed by atoms with Gasteiger partial charge in [-0.05, 0) is 61.1 Å². The molecule has 132 valence electrons. The first-order valence-electron chi connectivity index (χ1n) is 8.66. The Morgan fingerprint density at radius 3 is 2.50 bits per heavy atom. The van der Waals surface area contributed by atoms with Crippen LogP contribution in [-0.2, 0) is 6.54 Å². The van der Waals surface area contributed by atoms with Gasteiger partial charge in [-0.15, -0.1) is 0 Å².